The molecule has 0 aliphatic carbocycles. The minimum atomic E-state index is -0.0972. The molecule has 0 amide bonds. The molecule has 3 rings (SSSR count). The van der Waals surface area contributed by atoms with E-state index in [0.29, 0.717) is 22.7 Å². The van der Waals surface area contributed by atoms with Crippen molar-refractivity contribution < 1.29 is 10.2 Å². The van der Waals surface area contributed by atoms with Gasteiger partial charge in [-0.1, -0.05) is 12.1 Å². The molecule has 0 aliphatic heterocycles. The standard InChI is InChI=1S/C16H15N5O2/c17-16(18)21-15-11-3-1-2-4-12(11)19-14(20-15)8-9-7-10(22)5-6-13(9)23/h1-7,22-23H,8H2,(H4,17,18,19,20,21). The number of guanidine groups is 1. The number of aromatic nitrogens is 2. The highest BCUT2D eigenvalue weighted by atomic mass is 16.3. The summed E-state index contributed by atoms with van der Waals surface area (Å²) >= 11 is 0. The van der Waals surface area contributed by atoms with Gasteiger partial charge in [0, 0.05) is 17.4 Å². The summed E-state index contributed by atoms with van der Waals surface area (Å²) in [4.78, 5) is 12.8. The number of fused-ring (bicyclic) bond motifs is 1. The molecule has 0 fully saturated rings. The number of nitrogens with zero attached hydrogens (tertiary/aromatic N) is 3. The van der Waals surface area contributed by atoms with Crippen LogP contribution in [0.25, 0.3) is 10.9 Å². The molecule has 3 aromatic rings. The molecule has 7 heteroatoms. The Morgan fingerprint density at radius 3 is 2.61 bits per heavy atom. The fourth-order valence-corrected chi connectivity index (χ4v) is 2.28. The van der Waals surface area contributed by atoms with Gasteiger partial charge in [-0.3, -0.25) is 0 Å². The van der Waals surface area contributed by atoms with Crippen LogP contribution < -0.4 is 11.5 Å². The Kier molecular flexibility index (Phi) is 3.68. The third-order valence-electron chi connectivity index (χ3n) is 3.28. The first-order valence-corrected chi connectivity index (χ1v) is 6.89. The Hall–Kier alpha value is -3.35. The highest BCUT2D eigenvalue weighted by Gasteiger charge is 2.10. The first kappa shape index (κ1) is 14.6. The van der Waals surface area contributed by atoms with Gasteiger partial charge < -0.3 is 21.7 Å². The summed E-state index contributed by atoms with van der Waals surface area (Å²) in [6, 6.07) is 11.6. The second kappa shape index (κ2) is 5.80. The number of aromatic hydroxyl groups is 2. The van der Waals surface area contributed by atoms with Crippen molar-refractivity contribution in [2.45, 2.75) is 6.42 Å². The third-order valence-corrected chi connectivity index (χ3v) is 3.28. The van der Waals surface area contributed by atoms with Crippen LogP contribution in [0.1, 0.15) is 11.4 Å². The number of para-hydroxylation sites is 1. The Bertz CT molecular complexity index is 904. The fourth-order valence-electron chi connectivity index (χ4n) is 2.28. The Morgan fingerprint density at radius 1 is 1.04 bits per heavy atom. The van der Waals surface area contributed by atoms with Gasteiger partial charge in [0.05, 0.1) is 5.52 Å². The Labute approximate surface area is 132 Å². The smallest absolute Gasteiger partial charge is 0.192 e. The van der Waals surface area contributed by atoms with Gasteiger partial charge in [0.1, 0.15) is 17.3 Å². The van der Waals surface area contributed by atoms with Crippen LogP contribution in [-0.4, -0.2) is 26.1 Å². The summed E-state index contributed by atoms with van der Waals surface area (Å²) in [6.45, 7) is 0. The van der Waals surface area contributed by atoms with Gasteiger partial charge in [-0.25, -0.2) is 9.97 Å². The maximum atomic E-state index is 9.89. The van der Waals surface area contributed by atoms with Crippen LogP contribution in [0.4, 0.5) is 5.82 Å². The van der Waals surface area contributed by atoms with Crippen LogP contribution in [-0.2, 0) is 6.42 Å². The molecule has 6 N–H and O–H groups in total. The topological polar surface area (TPSA) is 131 Å². The lowest BCUT2D eigenvalue weighted by Gasteiger charge is -2.07. The van der Waals surface area contributed by atoms with Crippen LogP contribution in [0.15, 0.2) is 47.5 Å². The zero-order chi connectivity index (χ0) is 16.4. The number of phenolic OH excluding ortho intramolecular Hbond substituents is 2. The summed E-state index contributed by atoms with van der Waals surface area (Å²) in [6.07, 6.45) is 0.234. The molecular weight excluding hydrogens is 294 g/mol. The number of rotatable bonds is 3. The molecule has 2 aromatic carbocycles. The molecule has 0 saturated heterocycles. The largest absolute Gasteiger partial charge is 0.508 e. The number of phenols is 2. The van der Waals surface area contributed by atoms with Crippen molar-refractivity contribution >= 4 is 22.7 Å². The average Bonchev–Trinajstić information content (AvgIpc) is 2.50. The van der Waals surface area contributed by atoms with Gasteiger partial charge >= 0.3 is 0 Å². The molecule has 0 atom stereocenters. The molecular formula is C16H15N5O2. The van der Waals surface area contributed by atoms with E-state index in [2.05, 4.69) is 15.0 Å². The molecule has 0 bridgehead atoms. The van der Waals surface area contributed by atoms with Gasteiger partial charge in [-0.05, 0) is 30.3 Å². The highest BCUT2D eigenvalue weighted by molar-refractivity contribution is 5.91. The zero-order valence-electron chi connectivity index (χ0n) is 12.1. The third kappa shape index (κ3) is 3.13. The van der Waals surface area contributed by atoms with Gasteiger partial charge in [-0.2, -0.15) is 4.99 Å². The second-order valence-corrected chi connectivity index (χ2v) is 5.01. The van der Waals surface area contributed by atoms with Gasteiger partial charge in [0.25, 0.3) is 0 Å². The van der Waals surface area contributed by atoms with Crippen molar-refractivity contribution in [2.24, 2.45) is 16.5 Å². The summed E-state index contributed by atoms with van der Waals surface area (Å²) in [5.74, 6) is 0.820. The van der Waals surface area contributed by atoms with E-state index in [-0.39, 0.29) is 23.9 Å². The summed E-state index contributed by atoms with van der Waals surface area (Å²) in [5, 5.41) is 20.2. The van der Waals surface area contributed by atoms with Crippen molar-refractivity contribution in [1.82, 2.24) is 9.97 Å². The van der Waals surface area contributed by atoms with Crippen LogP contribution in [0, 0.1) is 0 Å². The van der Waals surface area contributed by atoms with Gasteiger partial charge in [0.15, 0.2) is 11.8 Å². The van der Waals surface area contributed by atoms with E-state index >= 15 is 0 Å². The quantitative estimate of drug-likeness (QED) is 0.330. The van der Waals surface area contributed by atoms with Crippen molar-refractivity contribution in [3.8, 4) is 11.5 Å². The predicted molar refractivity (Wildman–Crippen MR) is 87.6 cm³/mol. The van der Waals surface area contributed by atoms with Crippen LogP contribution in [0.3, 0.4) is 0 Å². The molecule has 0 radical (unpaired) electrons. The molecule has 7 nitrogen and oxygen atoms in total. The maximum Gasteiger partial charge on any atom is 0.192 e. The number of hydrogen-bond acceptors (Lipinski definition) is 5. The van der Waals surface area contributed by atoms with Crippen molar-refractivity contribution in [2.75, 3.05) is 0 Å². The minimum Gasteiger partial charge on any atom is -0.508 e. The van der Waals surface area contributed by atoms with E-state index in [1.165, 1.54) is 18.2 Å². The average molecular weight is 309 g/mol. The normalized spacial score (nSPS) is 10.6. The van der Waals surface area contributed by atoms with E-state index < -0.39 is 0 Å². The van der Waals surface area contributed by atoms with E-state index in [9.17, 15) is 10.2 Å². The number of benzene rings is 2. The van der Waals surface area contributed by atoms with E-state index in [1.807, 2.05) is 24.3 Å². The molecule has 0 saturated carbocycles. The molecule has 1 aromatic heterocycles. The van der Waals surface area contributed by atoms with Crippen molar-refractivity contribution in [1.29, 1.82) is 0 Å². The Morgan fingerprint density at radius 2 is 1.83 bits per heavy atom. The van der Waals surface area contributed by atoms with Crippen molar-refractivity contribution in [3.63, 3.8) is 0 Å². The van der Waals surface area contributed by atoms with Gasteiger partial charge in [-0.15, -0.1) is 0 Å². The molecule has 0 spiro atoms. The molecule has 116 valence electrons. The number of aliphatic imine (C=N–C) groups is 1. The summed E-state index contributed by atoms with van der Waals surface area (Å²) in [5.41, 5.74) is 12.1. The summed E-state index contributed by atoms with van der Waals surface area (Å²) in [7, 11) is 0. The van der Waals surface area contributed by atoms with Crippen LogP contribution in [0.5, 0.6) is 11.5 Å². The minimum absolute atomic E-state index is 0.0583. The monoisotopic (exact) mass is 309 g/mol. The maximum absolute atomic E-state index is 9.89. The van der Waals surface area contributed by atoms with Gasteiger partial charge in [0.2, 0.25) is 0 Å². The van der Waals surface area contributed by atoms with E-state index in [0.717, 1.165) is 5.39 Å². The first-order valence-electron chi connectivity index (χ1n) is 6.89. The molecule has 23 heavy (non-hydrogen) atoms. The molecule has 0 unspecified atom stereocenters. The predicted octanol–water partition coefficient (Wildman–Crippen LogP) is 1.54. The van der Waals surface area contributed by atoms with Crippen LogP contribution >= 0.6 is 0 Å². The number of hydrogen-bond donors (Lipinski definition) is 4. The second-order valence-electron chi connectivity index (χ2n) is 5.01. The van der Waals surface area contributed by atoms with E-state index in [4.69, 9.17) is 11.5 Å². The molecule has 0 aliphatic rings. The lowest BCUT2D eigenvalue weighted by Crippen LogP contribution is -2.22. The number of nitrogens with two attached hydrogens (primary N) is 2. The molecule has 1 heterocycles. The fraction of sp³-hybridized carbons (Fsp3) is 0.0625. The zero-order valence-corrected chi connectivity index (χ0v) is 12.1. The lowest BCUT2D eigenvalue weighted by atomic mass is 10.1. The van der Waals surface area contributed by atoms with Crippen molar-refractivity contribution in [3.05, 3.63) is 53.9 Å². The SMILES string of the molecule is NC(N)=Nc1nc(Cc2cc(O)ccc2O)nc2ccccc12. The lowest BCUT2D eigenvalue weighted by molar-refractivity contribution is 0.455. The van der Waals surface area contributed by atoms with E-state index in [1.54, 1.807) is 0 Å². The Balaban J connectivity index is 2.11. The highest BCUT2D eigenvalue weighted by Crippen LogP contribution is 2.27. The van der Waals surface area contributed by atoms with Crippen LogP contribution in [0.2, 0.25) is 0 Å². The summed E-state index contributed by atoms with van der Waals surface area (Å²) < 4.78 is 0. The first-order chi connectivity index (χ1) is 11.0.